The van der Waals surface area contributed by atoms with Crippen molar-refractivity contribution in [3.63, 3.8) is 0 Å². The van der Waals surface area contributed by atoms with Gasteiger partial charge in [0.2, 0.25) is 0 Å². The lowest BCUT2D eigenvalue weighted by Crippen LogP contribution is -2.32. The summed E-state index contributed by atoms with van der Waals surface area (Å²) in [6, 6.07) is 5.34. The van der Waals surface area contributed by atoms with E-state index in [0.29, 0.717) is 11.5 Å². The molecule has 0 spiro atoms. The smallest absolute Gasteiger partial charge is 0.328 e. The first-order chi connectivity index (χ1) is 9.58. The van der Waals surface area contributed by atoms with Crippen LogP contribution in [0.4, 0.5) is 0 Å². The van der Waals surface area contributed by atoms with E-state index in [-0.39, 0.29) is 5.91 Å². The Kier molecular flexibility index (Phi) is 4.56. The molecular weight excluding hydrogens is 254 g/mol. The predicted molar refractivity (Wildman–Crippen MR) is 77.5 cm³/mol. The summed E-state index contributed by atoms with van der Waals surface area (Å²) in [4.78, 5) is 22.7. The Bertz CT molecular complexity index is 545. The summed E-state index contributed by atoms with van der Waals surface area (Å²) in [5, 5.41) is 11.6. The topological polar surface area (TPSA) is 66.4 Å². The molecule has 1 aromatic rings. The van der Waals surface area contributed by atoms with Gasteiger partial charge in [-0.25, -0.2) is 4.79 Å². The van der Waals surface area contributed by atoms with E-state index in [4.69, 9.17) is 5.11 Å². The first kappa shape index (κ1) is 14.3. The van der Waals surface area contributed by atoms with Gasteiger partial charge in [0.05, 0.1) is 0 Å². The lowest BCUT2D eigenvalue weighted by atomic mass is 9.85. The second kappa shape index (κ2) is 6.37. The summed E-state index contributed by atoms with van der Waals surface area (Å²) in [6.07, 6.45) is 6.25. The largest absolute Gasteiger partial charge is 0.478 e. The van der Waals surface area contributed by atoms with E-state index in [1.165, 1.54) is 25.3 Å². The van der Waals surface area contributed by atoms with Crippen LogP contribution < -0.4 is 5.32 Å². The van der Waals surface area contributed by atoms with E-state index < -0.39 is 5.97 Å². The lowest BCUT2D eigenvalue weighted by molar-refractivity contribution is -0.131. The fraction of sp³-hybridized carbons (Fsp3) is 0.375. The molecule has 0 atom stereocenters. The van der Waals surface area contributed by atoms with Gasteiger partial charge in [0.1, 0.15) is 0 Å². The lowest BCUT2D eigenvalue weighted by Gasteiger charge is -2.25. The van der Waals surface area contributed by atoms with Crippen molar-refractivity contribution in [3.05, 3.63) is 41.0 Å². The standard InChI is InChI=1S/C16H19NO3/c1-11-13(8-9-15(18)19)6-3-7-14(11)16(20)17-10-12-4-2-5-12/h3,6-9,12H,2,4-5,10H2,1H3,(H,17,20)(H,18,19). The van der Waals surface area contributed by atoms with E-state index in [9.17, 15) is 9.59 Å². The normalized spacial score (nSPS) is 15.1. The number of hydrogen-bond acceptors (Lipinski definition) is 2. The molecule has 2 N–H and O–H groups in total. The molecule has 0 heterocycles. The van der Waals surface area contributed by atoms with Crippen LogP contribution in [0.25, 0.3) is 6.08 Å². The number of aliphatic carboxylic acids is 1. The van der Waals surface area contributed by atoms with Gasteiger partial charge in [-0.05, 0) is 49.0 Å². The molecule has 1 amide bonds. The van der Waals surface area contributed by atoms with Gasteiger partial charge in [0.25, 0.3) is 5.91 Å². The molecule has 1 fully saturated rings. The van der Waals surface area contributed by atoms with Gasteiger partial charge in [-0.2, -0.15) is 0 Å². The Morgan fingerprint density at radius 3 is 2.75 bits per heavy atom. The van der Waals surface area contributed by atoms with Crippen LogP contribution in [0, 0.1) is 12.8 Å². The molecular formula is C16H19NO3. The zero-order chi connectivity index (χ0) is 14.5. The second-order valence-corrected chi connectivity index (χ2v) is 5.20. The van der Waals surface area contributed by atoms with Gasteiger partial charge in [0.15, 0.2) is 0 Å². The van der Waals surface area contributed by atoms with Crippen molar-refractivity contribution < 1.29 is 14.7 Å². The third-order valence-corrected chi connectivity index (χ3v) is 3.80. The van der Waals surface area contributed by atoms with Gasteiger partial charge >= 0.3 is 5.97 Å². The van der Waals surface area contributed by atoms with Gasteiger partial charge in [-0.3, -0.25) is 4.79 Å². The van der Waals surface area contributed by atoms with Crippen molar-refractivity contribution in [3.8, 4) is 0 Å². The van der Waals surface area contributed by atoms with E-state index >= 15 is 0 Å². The van der Waals surface area contributed by atoms with E-state index in [1.807, 2.05) is 6.92 Å². The summed E-state index contributed by atoms with van der Waals surface area (Å²) in [5.41, 5.74) is 2.16. The van der Waals surface area contributed by atoms with Gasteiger partial charge in [-0.15, -0.1) is 0 Å². The van der Waals surface area contributed by atoms with Crippen molar-refractivity contribution in [2.75, 3.05) is 6.54 Å². The SMILES string of the molecule is Cc1c(C=CC(=O)O)cccc1C(=O)NCC1CCC1. The minimum absolute atomic E-state index is 0.0834. The molecule has 2 rings (SSSR count). The fourth-order valence-electron chi connectivity index (χ4n) is 2.27. The Labute approximate surface area is 118 Å². The molecule has 0 unspecified atom stereocenters. The summed E-state index contributed by atoms with van der Waals surface area (Å²) in [6.45, 7) is 2.56. The number of benzene rings is 1. The summed E-state index contributed by atoms with van der Waals surface area (Å²) in [7, 11) is 0. The van der Waals surface area contributed by atoms with Crippen molar-refractivity contribution in [2.24, 2.45) is 5.92 Å². The molecule has 106 valence electrons. The number of rotatable bonds is 5. The molecule has 1 saturated carbocycles. The third kappa shape index (κ3) is 3.47. The summed E-state index contributed by atoms with van der Waals surface area (Å²) >= 11 is 0. The number of nitrogens with one attached hydrogen (secondary N) is 1. The van der Waals surface area contributed by atoms with Crippen molar-refractivity contribution in [2.45, 2.75) is 26.2 Å². The Balaban J connectivity index is 2.08. The maximum absolute atomic E-state index is 12.1. The fourth-order valence-corrected chi connectivity index (χ4v) is 2.27. The third-order valence-electron chi connectivity index (χ3n) is 3.80. The van der Waals surface area contributed by atoms with Crippen molar-refractivity contribution >= 4 is 18.0 Å². The highest BCUT2D eigenvalue weighted by molar-refractivity contribution is 5.97. The highest BCUT2D eigenvalue weighted by Gasteiger charge is 2.19. The van der Waals surface area contributed by atoms with Crippen molar-refractivity contribution in [1.82, 2.24) is 5.32 Å². The number of carboxylic acids is 1. The van der Waals surface area contributed by atoms with Crippen LogP contribution in [0.3, 0.4) is 0 Å². The molecule has 0 bridgehead atoms. The van der Waals surface area contributed by atoms with Crippen molar-refractivity contribution in [1.29, 1.82) is 0 Å². The Morgan fingerprint density at radius 1 is 1.40 bits per heavy atom. The number of carbonyl (C=O) groups excluding carboxylic acids is 1. The molecule has 20 heavy (non-hydrogen) atoms. The molecule has 1 aromatic carbocycles. The molecule has 4 heteroatoms. The van der Waals surface area contributed by atoms with E-state index in [1.54, 1.807) is 18.2 Å². The molecule has 0 radical (unpaired) electrons. The maximum atomic E-state index is 12.1. The summed E-state index contributed by atoms with van der Waals surface area (Å²) < 4.78 is 0. The Morgan fingerprint density at radius 2 is 2.15 bits per heavy atom. The highest BCUT2D eigenvalue weighted by Crippen LogP contribution is 2.25. The highest BCUT2D eigenvalue weighted by atomic mass is 16.4. The average Bonchev–Trinajstić information content (AvgIpc) is 2.35. The average molecular weight is 273 g/mol. The molecule has 0 aromatic heterocycles. The van der Waals surface area contributed by atoms with Crippen LogP contribution in [0.1, 0.15) is 40.7 Å². The zero-order valence-corrected chi connectivity index (χ0v) is 11.6. The molecule has 0 saturated heterocycles. The molecule has 1 aliphatic rings. The number of carboxylic acid groups (broad SMARTS) is 1. The Hall–Kier alpha value is -2.10. The first-order valence-corrected chi connectivity index (χ1v) is 6.86. The van der Waals surface area contributed by atoms with Crippen LogP contribution in [0.15, 0.2) is 24.3 Å². The van der Waals surface area contributed by atoms with Crippen LogP contribution in [0.2, 0.25) is 0 Å². The van der Waals surface area contributed by atoms with Gasteiger partial charge < -0.3 is 10.4 Å². The molecule has 1 aliphatic carbocycles. The van der Waals surface area contributed by atoms with Crippen LogP contribution in [-0.2, 0) is 4.79 Å². The molecule has 0 aliphatic heterocycles. The van der Waals surface area contributed by atoms with Crippen LogP contribution in [0.5, 0.6) is 0 Å². The quantitative estimate of drug-likeness (QED) is 0.810. The maximum Gasteiger partial charge on any atom is 0.328 e. The predicted octanol–water partition coefficient (Wildman–Crippen LogP) is 2.62. The minimum Gasteiger partial charge on any atom is -0.478 e. The number of carbonyl (C=O) groups is 2. The number of hydrogen-bond donors (Lipinski definition) is 2. The van der Waals surface area contributed by atoms with E-state index in [2.05, 4.69) is 5.32 Å². The first-order valence-electron chi connectivity index (χ1n) is 6.86. The summed E-state index contributed by atoms with van der Waals surface area (Å²) in [5.74, 6) is -0.460. The second-order valence-electron chi connectivity index (χ2n) is 5.20. The van der Waals surface area contributed by atoms with Crippen LogP contribution >= 0.6 is 0 Å². The zero-order valence-electron chi connectivity index (χ0n) is 11.6. The number of amides is 1. The van der Waals surface area contributed by atoms with Gasteiger partial charge in [0, 0.05) is 18.2 Å². The molecule has 4 nitrogen and oxygen atoms in total. The van der Waals surface area contributed by atoms with E-state index in [0.717, 1.165) is 23.7 Å². The van der Waals surface area contributed by atoms with Crippen LogP contribution in [-0.4, -0.2) is 23.5 Å². The monoisotopic (exact) mass is 273 g/mol. The van der Waals surface area contributed by atoms with Gasteiger partial charge in [-0.1, -0.05) is 18.6 Å². The minimum atomic E-state index is -0.996.